The smallest absolute Gasteiger partial charge is 0.269 e. The van der Waals surface area contributed by atoms with Gasteiger partial charge in [-0.15, -0.1) is 0 Å². The molecule has 0 N–H and O–H groups in total. The van der Waals surface area contributed by atoms with Crippen molar-refractivity contribution in [1.82, 2.24) is 4.90 Å². The number of hydrogen-bond donors (Lipinski definition) is 0. The molecular formula is C15H24N2O3. The molecule has 0 aliphatic rings. The summed E-state index contributed by atoms with van der Waals surface area (Å²) in [6.45, 7) is 11.9. The van der Waals surface area contributed by atoms with Crippen molar-refractivity contribution >= 4 is 5.69 Å². The molecule has 1 aromatic rings. The molecule has 1 aromatic carbocycles. The van der Waals surface area contributed by atoms with Crippen molar-refractivity contribution in [2.75, 3.05) is 13.2 Å². The van der Waals surface area contributed by atoms with E-state index in [-0.39, 0.29) is 5.69 Å². The molecule has 5 heteroatoms. The van der Waals surface area contributed by atoms with E-state index < -0.39 is 4.92 Å². The first-order valence-corrected chi connectivity index (χ1v) is 6.96. The third-order valence-electron chi connectivity index (χ3n) is 3.30. The molecule has 0 unspecified atom stereocenters. The molecule has 0 atom stereocenters. The molecule has 0 aliphatic heterocycles. The highest BCUT2D eigenvalue weighted by Gasteiger charge is 2.14. The van der Waals surface area contributed by atoms with Crippen molar-refractivity contribution in [3.63, 3.8) is 0 Å². The number of aryl methyl sites for hydroxylation is 1. The second-order valence-corrected chi connectivity index (χ2v) is 5.48. The monoisotopic (exact) mass is 280 g/mol. The van der Waals surface area contributed by atoms with Crippen LogP contribution in [0.25, 0.3) is 0 Å². The number of non-ortho nitro benzene ring substituents is 1. The zero-order valence-electron chi connectivity index (χ0n) is 12.9. The molecule has 0 spiro atoms. The van der Waals surface area contributed by atoms with Crippen LogP contribution in [0.3, 0.4) is 0 Å². The number of nitrogens with zero attached hydrogens (tertiary/aromatic N) is 2. The average molecular weight is 280 g/mol. The molecule has 0 aromatic heterocycles. The van der Waals surface area contributed by atoms with Gasteiger partial charge in [0.15, 0.2) is 0 Å². The fraction of sp³-hybridized carbons (Fsp3) is 0.600. The lowest BCUT2D eigenvalue weighted by Crippen LogP contribution is -2.39. The van der Waals surface area contributed by atoms with Crippen LogP contribution in [0.4, 0.5) is 5.69 Å². The Morgan fingerprint density at radius 2 is 1.85 bits per heavy atom. The molecule has 0 aliphatic carbocycles. The lowest BCUT2D eigenvalue weighted by atomic mass is 10.2. The fourth-order valence-corrected chi connectivity index (χ4v) is 2.28. The minimum absolute atomic E-state index is 0.0980. The summed E-state index contributed by atoms with van der Waals surface area (Å²) in [5.74, 6) is 0.711. The molecule has 20 heavy (non-hydrogen) atoms. The number of rotatable bonds is 7. The minimum atomic E-state index is -0.393. The topological polar surface area (TPSA) is 55.6 Å². The van der Waals surface area contributed by atoms with Crippen molar-refractivity contribution < 1.29 is 9.66 Å². The van der Waals surface area contributed by atoms with Gasteiger partial charge in [0.1, 0.15) is 12.4 Å². The second kappa shape index (κ2) is 7.24. The molecule has 5 nitrogen and oxygen atoms in total. The Morgan fingerprint density at radius 1 is 1.25 bits per heavy atom. The minimum Gasteiger partial charge on any atom is -0.492 e. The Labute approximate surface area is 120 Å². The lowest BCUT2D eigenvalue weighted by molar-refractivity contribution is -0.384. The van der Waals surface area contributed by atoms with Gasteiger partial charge in [-0.25, -0.2) is 0 Å². The number of nitro benzene ring substituents is 1. The van der Waals surface area contributed by atoms with Gasteiger partial charge in [0.2, 0.25) is 0 Å². The lowest BCUT2D eigenvalue weighted by Gasteiger charge is -2.30. The highest BCUT2D eigenvalue weighted by molar-refractivity contribution is 5.42. The van der Waals surface area contributed by atoms with Gasteiger partial charge in [-0.3, -0.25) is 15.0 Å². The van der Waals surface area contributed by atoms with E-state index in [1.165, 1.54) is 12.1 Å². The van der Waals surface area contributed by atoms with Gasteiger partial charge in [0.05, 0.1) is 4.92 Å². The maximum atomic E-state index is 10.7. The third kappa shape index (κ3) is 4.49. The largest absolute Gasteiger partial charge is 0.492 e. The standard InChI is InChI=1S/C15H24N2O3/c1-11(2)16(12(3)4)8-9-20-15-7-6-14(17(18)19)10-13(15)5/h6-7,10-12H,8-9H2,1-5H3. The SMILES string of the molecule is Cc1cc([N+](=O)[O-])ccc1OCCN(C(C)C)C(C)C. The maximum Gasteiger partial charge on any atom is 0.269 e. The van der Waals surface area contributed by atoms with Crippen LogP contribution in [-0.4, -0.2) is 35.1 Å². The van der Waals surface area contributed by atoms with Gasteiger partial charge < -0.3 is 4.74 Å². The summed E-state index contributed by atoms with van der Waals surface area (Å²) >= 11 is 0. The van der Waals surface area contributed by atoms with E-state index in [0.717, 1.165) is 12.1 Å². The zero-order chi connectivity index (χ0) is 15.3. The quantitative estimate of drug-likeness (QED) is 0.567. The number of hydrogen-bond acceptors (Lipinski definition) is 4. The number of benzene rings is 1. The Morgan fingerprint density at radius 3 is 2.30 bits per heavy atom. The molecule has 0 saturated carbocycles. The molecule has 0 fully saturated rings. The van der Waals surface area contributed by atoms with E-state index in [9.17, 15) is 10.1 Å². The molecule has 0 amide bonds. The highest BCUT2D eigenvalue weighted by atomic mass is 16.6. The van der Waals surface area contributed by atoms with Crippen LogP contribution in [0.1, 0.15) is 33.3 Å². The summed E-state index contributed by atoms with van der Waals surface area (Å²) < 4.78 is 5.74. The van der Waals surface area contributed by atoms with Crippen LogP contribution in [0.5, 0.6) is 5.75 Å². The summed E-state index contributed by atoms with van der Waals surface area (Å²) in [6.07, 6.45) is 0. The van der Waals surface area contributed by atoms with Gasteiger partial charge in [0, 0.05) is 30.8 Å². The van der Waals surface area contributed by atoms with Crippen LogP contribution in [0.15, 0.2) is 18.2 Å². The highest BCUT2D eigenvalue weighted by Crippen LogP contribution is 2.23. The molecule has 1 rings (SSSR count). The van der Waals surface area contributed by atoms with E-state index in [1.807, 2.05) is 6.92 Å². The molecule has 0 saturated heterocycles. The number of nitro groups is 1. The van der Waals surface area contributed by atoms with Gasteiger partial charge in [0.25, 0.3) is 5.69 Å². The summed E-state index contributed by atoms with van der Waals surface area (Å²) in [4.78, 5) is 12.6. The van der Waals surface area contributed by atoms with Crippen molar-refractivity contribution in [1.29, 1.82) is 0 Å². The van der Waals surface area contributed by atoms with Gasteiger partial charge in [-0.05, 0) is 46.2 Å². The Hall–Kier alpha value is -1.62. The van der Waals surface area contributed by atoms with Crippen molar-refractivity contribution in [3.05, 3.63) is 33.9 Å². The Bertz CT molecular complexity index is 450. The summed E-state index contributed by atoms with van der Waals surface area (Å²) in [7, 11) is 0. The van der Waals surface area contributed by atoms with Gasteiger partial charge >= 0.3 is 0 Å². The first-order valence-electron chi connectivity index (χ1n) is 6.96. The normalized spacial score (nSPS) is 11.4. The fourth-order valence-electron chi connectivity index (χ4n) is 2.28. The van der Waals surface area contributed by atoms with Gasteiger partial charge in [-0.1, -0.05) is 0 Å². The average Bonchev–Trinajstić information content (AvgIpc) is 2.34. The maximum absolute atomic E-state index is 10.7. The number of ether oxygens (including phenoxy) is 1. The van der Waals surface area contributed by atoms with Gasteiger partial charge in [-0.2, -0.15) is 0 Å². The molecular weight excluding hydrogens is 256 g/mol. The van der Waals surface area contributed by atoms with Crippen molar-refractivity contribution in [2.24, 2.45) is 0 Å². The van der Waals surface area contributed by atoms with E-state index in [4.69, 9.17) is 4.74 Å². The van der Waals surface area contributed by atoms with E-state index >= 15 is 0 Å². The van der Waals surface area contributed by atoms with E-state index in [0.29, 0.717) is 24.4 Å². The Kier molecular flexibility index (Phi) is 5.95. The predicted molar refractivity (Wildman–Crippen MR) is 80.3 cm³/mol. The molecule has 0 bridgehead atoms. The first kappa shape index (κ1) is 16.4. The second-order valence-electron chi connectivity index (χ2n) is 5.48. The van der Waals surface area contributed by atoms with Crippen molar-refractivity contribution in [3.8, 4) is 5.75 Å². The van der Waals surface area contributed by atoms with Crippen LogP contribution in [-0.2, 0) is 0 Å². The van der Waals surface area contributed by atoms with Crippen LogP contribution in [0, 0.1) is 17.0 Å². The van der Waals surface area contributed by atoms with E-state index in [1.54, 1.807) is 6.07 Å². The molecule has 0 radical (unpaired) electrons. The van der Waals surface area contributed by atoms with Crippen LogP contribution in [0.2, 0.25) is 0 Å². The summed E-state index contributed by atoms with van der Waals surface area (Å²) in [5, 5.41) is 10.7. The van der Waals surface area contributed by atoms with Crippen molar-refractivity contribution in [2.45, 2.75) is 46.7 Å². The zero-order valence-corrected chi connectivity index (χ0v) is 12.9. The van der Waals surface area contributed by atoms with Crippen LogP contribution < -0.4 is 4.74 Å². The summed E-state index contributed by atoms with van der Waals surface area (Å²) in [6, 6.07) is 5.62. The Balaban J connectivity index is 2.60. The van der Waals surface area contributed by atoms with E-state index in [2.05, 4.69) is 32.6 Å². The molecule has 112 valence electrons. The first-order chi connectivity index (χ1) is 9.32. The molecule has 0 heterocycles. The van der Waals surface area contributed by atoms with Crippen LogP contribution >= 0.6 is 0 Å². The summed E-state index contributed by atoms with van der Waals surface area (Å²) in [5.41, 5.74) is 0.890. The predicted octanol–water partition coefficient (Wildman–Crippen LogP) is 3.40. The third-order valence-corrected chi connectivity index (χ3v) is 3.30.